The summed E-state index contributed by atoms with van der Waals surface area (Å²) in [7, 11) is 1.25. The lowest BCUT2D eigenvalue weighted by Gasteiger charge is -2.14. The molecule has 1 heterocycles. The Hall–Kier alpha value is -3.62. The average molecular weight is 472 g/mol. The summed E-state index contributed by atoms with van der Waals surface area (Å²) in [5, 5.41) is 0.181. The third kappa shape index (κ3) is 6.03. The maximum atomic E-state index is 13.9. The highest BCUT2D eigenvalue weighted by molar-refractivity contribution is 5.94. The molecule has 9 heteroatoms. The van der Waals surface area contributed by atoms with Gasteiger partial charge in [-0.15, -0.1) is 0 Å². The average Bonchev–Trinajstić information content (AvgIpc) is 2.80. The van der Waals surface area contributed by atoms with E-state index in [1.807, 2.05) is 6.92 Å². The second kappa shape index (κ2) is 11.5. The van der Waals surface area contributed by atoms with E-state index < -0.39 is 23.2 Å². The number of methoxy groups -OCH3 is 1. The molecule has 0 radical (unpaired) electrons. The maximum Gasteiger partial charge on any atom is 0.337 e. The molecule has 0 unspecified atom stereocenters. The number of ether oxygens (including phenoxy) is 2. The number of aryl methyl sites for hydroxylation is 1. The lowest BCUT2D eigenvalue weighted by Crippen LogP contribution is -2.24. The Morgan fingerprint density at radius 3 is 2.44 bits per heavy atom. The molecule has 0 fully saturated rings. The van der Waals surface area contributed by atoms with E-state index in [9.17, 15) is 23.2 Å². The van der Waals surface area contributed by atoms with Crippen LogP contribution in [-0.2, 0) is 20.7 Å². The lowest BCUT2D eigenvalue weighted by molar-refractivity contribution is -0.143. The van der Waals surface area contributed by atoms with Crippen molar-refractivity contribution in [1.29, 1.82) is 0 Å². The summed E-state index contributed by atoms with van der Waals surface area (Å²) in [4.78, 5) is 41.5. The van der Waals surface area contributed by atoms with Crippen molar-refractivity contribution in [3.8, 4) is 5.69 Å². The minimum absolute atomic E-state index is 0.00270. The lowest BCUT2D eigenvalue weighted by atomic mass is 10.1. The molecule has 0 saturated heterocycles. The highest BCUT2D eigenvalue weighted by Gasteiger charge is 2.16. The minimum Gasteiger partial charge on any atom is -0.466 e. The number of hydrogen-bond donors (Lipinski definition) is 0. The van der Waals surface area contributed by atoms with E-state index in [-0.39, 0.29) is 46.8 Å². The van der Waals surface area contributed by atoms with Crippen LogP contribution >= 0.6 is 0 Å². The molecule has 2 aromatic carbocycles. The first-order valence-corrected chi connectivity index (χ1v) is 11.1. The van der Waals surface area contributed by atoms with Gasteiger partial charge in [-0.25, -0.2) is 18.6 Å². The van der Waals surface area contributed by atoms with Gasteiger partial charge in [0, 0.05) is 18.9 Å². The first-order valence-electron chi connectivity index (χ1n) is 11.1. The molecule has 0 aliphatic heterocycles. The van der Waals surface area contributed by atoms with Crippen LogP contribution < -0.4 is 5.56 Å². The van der Waals surface area contributed by atoms with Crippen LogP contribution in [0.4, 0.5) is 8.78 Å². The van der Waals surface area contributed by atoms with Gasteiger partial charge in [-0.3, -0.25) is 14.2 Å². The standard InChI is InChI=1S/C25H26F2N2O5/c1-3-4-11-34-23(30)8-6-5-7-22-28-21-12-16(25(32)33-2)9-10-20(21)24(31)29(22)19-14-17(26)13-18(27)15-19/h9-10,12-15H,3-8,11H2,1-2H3. The summed E-state index contributed by atoms with van der Waals surface area (Å²) in [6, 6.07) is 7.12. The molecule has 0 N–H and O–H groups in total. The normalized spacial score (nSPS) is 10.9. The van der Waals surface area contributed by atoms with Gasteiger partial charge in [0.25, 0.3) is 5.56 Å². The molecule has 0 atom stereocenters. The molecule has 3 aromatic rings. The maximum absolute atomic E-state index is 13.9. The Bertz CT molecular complexity index is 1240. The van der Waals surface area contributed by atoms with E-state index in [1.165, 1.54) is 25.3 Å². The fourth-order valence-electron chi connectivity index (χ4n) is 3.53. The van der Waals surface area contributed by atoms with Crippen LogP contribution in [0.5, 0.6) is 0 Å². The summed E-state index contributed by atoms with van der Waals surface area (Å²) < 4.78 is 38.9. The number of esters is 2. The van der Waals surface area contributed by atoms with E-state index in [1.54, 1.807) is 0 Å². The number of rotatable bonds is 10. The zero-order chi connectivity index (χ0) is 24.7. The molecule has 0 bridgehead atoms. The van der Waals surface area contributed by atoms with Gasteiger partial charge in [-0.2, -0.15) is 0 Å². The van der Waals surface area contributed by atoms with Gasteiger partial charge in [0.2, 0.25) is 0 Å². The molecule has 0 spiro atoms. The Balaban J connectivity index is 1.95. The van der Waals surface area contributed by atoms with Gasteiger partial charge >= 0.3 is 11.9 Å². The number of fused-ring (bicyclic) bond motifs is 1. The second-order valence-electron chi connectivity index (χ2n) is 7.80. The van der Waals surface area contributed by atoms with Crippen LogP contribution in [0, 0.1) is 11.6 Å². The van der Waals surface area contributed by atoms with Crippen LogP contribution in [0.2, 0.25) is 0 Å². The number of hydrogen-bond acceptors (Lipinski definition) is 6. The Labute approximate surface area is 195 Å². The van der Waals surface area contributed by atoms with Crippen LogP contribution in [0.1, 0.15) is 55.2 Å². The number of halogens is 2. The van der Waals surface area contributed by atoms with Gasteiger partial charge in [-0.05, 0) is 49.6 Å². The largest absolute Gasteiger partial charge is 0.466 e. The molecule has 0 amide bonds. The number of carbonyl (C=O) groups is 2. The van der Waals surface area contributed by atoms with E-state index in [2.05, 4.69) is 4.98 Å². The number of carbonyl (C=O) groups excluding carboxylic acids is 2. The fourth-order valence-corrected chi connectivity index (χ4v) is 3.53. The molecule has 0 aliphatic carbocycles. The molecule has 0 aliphatic rings. The highest BCUT2D eigenvalue weighted by Crippen LogP contribution is 2.19. The molecule has 0 saturated carbocycles. The second-order valence-corrected chi connectivity index (χ2v) is 7.80. The smallest absolute Gasteiger partial charge is 0.337 e. The van der Waals surface area contributed by atoms with Gasteiger partial charge in [0.05, 0.1) is 35.9 Å². The Morgan fingerprint density at radius 2 is 1.76 bits per heavy atom. The van der Waals surface area contributed by atoms with Crippen molar-refractivity contribution >= 4 is 22.8 Å². The van der Waals surface area contributed by atoms with Crippen molar-refractivity contribution in [3.63, 3.8) is 0 Å². The first-order chi connectivity index (χ1) is 16.3. The quantitative estimate of drug-likeness (QED) is 0.319. The molecular formula is C25H26F2N2O5. The van der Waals surface area contributed by atoms with Crippen molar-refractivity contribution in [2.24, 2.45) is 0 Å². The number of benzene rings is 2. The van der Waals surface area contributed by atoms with E-state index in [4.69, 9.17) is 9.47 Å². The van der Waals surface area contributed by atoms with Gasteiger partial charge < -0.3 is 9.47 Å². The van der Waals surface area contributed by atoms with E-state index >= 15 is 0 Å². The summed E-state index contributed by atoms with van der Waals surface area (Å²) in [6.45, 7) is 2.39. The van der Waals surface area contributed by atoms with Crippen LogP contribution in [-0.4, -0.2) is 35.2 Å². The zero-order valence-electron chi connectivity index (χ0n) is 19.1. The molecule has 180 valence electrons. The van der Waals surface area contributed by atoms with Crippen molar-refractivity contribution in [1.82, 2.24) is 9.55 Å². The summed E-state index contributed by atoms with van der Waals surface area (Å²) in [5.74, 6) is -2.29. The fraction of sp³-hybridized carbons (Fsp3) is 0.360. The third-order valence-electron chi connectivity index (χ3n) is 5.26. The topological polar surface area (TPSA) is 87.5 Å². The van der Waals surface area contributed by atoms with Gasteiger partial charge in [0.15, 0.2) is 0 Å². The predicted molar refractivity (Wildman–Crippen MR) is 122 cm³/mol. The van der Waals surface area contributed by atoms with Gasteiger partial charge in [0.1, 0.15) is 17.5 Å². The van der Waals surface area contributed by atoms with Crippen molar-refractivity contribution in [2.45, 2.75) is 45.4 Å². The Kier molecular flexibility index (Phi) is 8.45. The highest BCUT2D eigenvalue weighted by atomic mass is 19.1. The SMILES string of the molecule is CCCCOC(=O)CCCCc1nc2cc(C(=O)OC)ccc2c(=O)n1-c1cc(F)cc(F)c1. The van der Waals surface area contributed by atoms with Crippen LogP contribution in [0.3, 0.4) is 0 Å². The predicted octanol–water partition coefficient (Wildman–Crippen LogP) is 4.51. The summed E-state index contributed by atoms with van der Waals surface area (Å²) in [5.41, 5.74) is -0.0458. The van der Waals surface area contributed by atoms with E-state index in [0.717, 1.165) is 35.6 Å². The first kappa shape index (κ1) is 25.0. The monoisotopic (exact) mass is 472 g/mol. The summed E-state index contributed by atoms with van der Waals surface area (Å²) in [6.07, 6.45) is 3.16. The van der Waals surface area contributed by atoms with Crippen molar-refractivity contribution in [3.05, 3.63) is 69.8 Å². The third-order valence-corrected chi connectivity index (χ3v) is 5.26. The van der Waals surface area contributed by atoms with Crippen LogP contribution in [0.25, 0.3) is 16.6 Å². The number of aromatic nitrogens is 2. The molecule has 34 heavy (non-hydrogen) atoms. The Morgan fingerprint density at radius 1 is 1.03 bits per heavy atom. The van der Waals surface area contributed by atoms with Crippen molar-refractivity contribution < 1.29 is 27.8 Å². The molecule has 7 nitrogen and oxygen atoms in total. The summed E-state index contributed by atoms with van der Waals surface area (Å²) >= 11 is 0. The zero-order valence-corrected chi connectivity index (χ0v) is 19.1. The molecule has 3 rings (SSSR count). The van der Waals surface area contributed by atoms with Gasteiger partial charge in [-0.1, -0.05) is 13.3 Å². The molecule has 1 aromatic heterocycles. The number of unbranched alkanes of at least 4 members (excludes halogenated alkanes) is 2. The van der Waals surface area contributed by atoms with Crippen LogP contribution in [0.15, 0.2) is 41.2 Å². The van der Waals surface area contributed by atoms with E-state index in [0.29, 0.717) is 19.4 Å². The minimum atomic E-state index is -0.830. The number of nitrogens with zero attached hydrogens (tertiary/aromatic N) is 2. The molecular weight excluding hydrogens is 446 g/mol. The van der Waals surface area contributed by atoms with Crippen molar-refractivity contribution in [2.75, 3.05) is 13.7 Å².